The Morgan fingerprint density at radius 1 is 1.35 bits per heavy atom. The first-order chi connectivity index (χ1) is 10.9. The van der Waals surface area contributed by atoms with Crippen LogP contribution in [-0.2, 0) is 4.79 Å². The third-order valence-electron chi connectivity index (χ3n) is 3.52. The van der Waals surface area contributed by atoms with E-state index < -0.39 is 6.10 Å². The van der Waals surface area contributed by atoms with Crippen LogP contribution in [0.3, 0.4) is 0 Å². The average molecular weight is 356 g/mol. The van der Waals surface area contributed by atoms with E-state index >= 15 is 0 Å². The van der Waals surface area contributed by atoms with Crippen molar-refractivity contribution in [3.05, 3.63) is 40.5 Å². The van der Waals surface area contributed by atoms with Crippen LogP contribution in [-0.4, -0.2) is 21.8 Å². The molecule has 0 aliphatic heterocycles. The van der Waals surface area contributed by atoms with Crippen molar-refractivity contribution in [1.29, 1.82) is 0 Å². The van der Waals surface area contributed by atoms with E-state index in [2.05, 4.69) is 17.3 Å². The highest BCUT2D eigenvalue weighted by Gasteiger charge is 2.19. The van der Waals surface area contributed by atoms with Crippen LogP contribution in [0.5, 0.6) is 5.75 Å². The summed E-state index contributed by atoms with van der Waals surface area (Å²) < 4.78 is 7.38. The van der Waals surface area contributed by atoms with E-state index in [9.17, 15) is 4.79 Å². The topological polar surface area (TPSA) is 56.2 Å². The minimum Gasteiger partial charge on any atom is -0.479 e. The lowest BCUT2D eigenvalue weighted by atomic mass is 10.3. The highest BCUT2D eigenvalue weighted by molar-refractivity contribution is 6.42. The van der Waals surface area contributed by atoms with Crippen molar-refractivity contribution in [3.63, 3.8) is 0 Å². The van der Waals surface area contributed by atoms with Crippen LogP contribution in [0.25, 0.3) is 0 Å². The van der Waals surface area contributed by atoms with Crippen LogP contribution < -0.4 is 10.1 Å². The zero-order valence-corrected chi connectivity index (χ0v) is 14.7. The maximum Gasteiger partial charge on any atom is 0.266 e. The number of carbonyl (C=O) groups excluding carboxylic acids is 1. The van der Waals surface area contributed by atoms with Gasteiger partial charge in [0.05, 0.1) is 17.3 Å². The first kappa shape index (κ1) is 17.6. The SMILES string of the molecule is CCC(C)n1nccc1NC(=O)C(C)Oc1cccc(Cl)c1Cl. The highest BCUT2D eigenvalue weighted by atomic mass is 35.5. The number of ether oxygens (including phenoxy) is 1. The average Bonchev–Trinajstić information content (AvgIpc) is 2.99. The minimum absolute atomic E-state index is 0.193. The zero-order valence-electron chi connectivity index (χ0n) is 13.2. The van der Waals surface area contributed by atoms with E-state index in [1.807, 2.05) is 6.92 Å². The Kier molecular flexibility index (Phi) is 5.91. The fourth-order valence-electron chi connectivity index (χ4n) is 1.98. The number of carbonyl (C=O) groups is 1. The molecule has 0 spiro atoms. The maximum atomic E-state index is 12.3. The summed E-state index contributed by atoms with van der Waals surface area (Å²) in [4.78, 5) is 12.3. The standard InChI is InChI=1S/C16H19Cl2N3O2/c1-4-10(2)21-14(8-9-19-21)20-16(22)11(3)23-13-7-5-6-12(17)15(13)18/h5-11H,4H2,1-3H3,(H,20,22). The van der Waals surface area contributed by atoms with E-state index in [1.54, 1.807) is 42.1 Å². The molecule has 5 nitrogen and oxygen atoms in total. The van der Waals surface area contributed by atoms with Crippen molar-refractivity contribution in [2.75, 3.05) is 5.32 Å². The molecule has 1 N–H and O–H groups in total. The third kappa shape index (κ3) is 4.18. The first-order valence-electron chi connectivity index (χ1n) is 7.39. The monoisotopic (exact) mass is 355 g/mol. The fraction of sp³-hybridized carbons (Fsp3) is 0.375. The summed E-state index contributed by atoms with van der Waals surface area (Å²) in [5, 5.41) is 7.72. The molecule has 23 heavy (non-hydrogen) atoms. The van der Waals surface area contributed by atoms with Gasteiger partial charge in [-0.1, -0.05) is 36.2 Å². The van der Waals surface area contributed by atoms with E-state index in [4.69, 9.17) is 27.9 Å². The van der Waals surface area contributed by atoms with Gasteiger partial charge < -0.3 is 10.1 Å². The molecule has 0 saturated carbocycles. The molecule has 1 heterocycles. The third-order valence-corrected chi connectivity index (χ3v) is 4.32. The van der Waals surface area contributed by atoms with Crippen LogP contribution >= 0.6 is 23.2 Å². The Hall–Kier alpha value is -1.72. The van der Waals surface area contributed by atoms with Crippen LogP contribution in [0.4, 0.5) is 5.82 Å². The Balaban J connectivity index is 2.06. The molecule has 1 aromatic carbocycles. The molecule has 1 aromatic heterocycles. The number of hydrogen-bond acceptors (Lipinski definition) is 3. The van der Waals surface area contributed by atoms with Crippen molar-refractivity contribution in [3.8, 4) is 5.75 Å². The van der Waals surface area contributed by atoms with Gasteiger partial charge in [0.1, 0.15) is 16.6 Å². The molecule has 7 heteroatoms. The van der Waals surface area contributed by atoms with Crippen LogP contribution in [0.2, 0.25) is 10.0 Å². The Morgan fingerprint density at radius 3 is 2.78 bits per heavy atom. The van der Waals surface area contributed by atoms with Crippen LogP contribution in [0, 0.1) is 0 Å². The molecule has 0 aliphatic rings. The smallest absolute Gasteiger partial charge is 0.266 e. The number of amides is 1. The number of anilines is 1. The van der Waals surface area contributed by atoms with Gasteiger partial charge in [0.2, 0.25) is 0 Å². The number of rotatable bonds is 6. The van der Waals surface area contributed by atoms with E-state index in [-0.39, 0.29) is 11.9 Å². The Bertz CT molecular complexity index is 688. The van der Waals surface area contributed by atoms with Gasteiger partial charge in [-0.15, -0.1) is 0 Å². The molecular weight excluding hydrogens is 337 g/mol. The molecule has 2 atom stereocenters. The molecule has 2 aromatic rings. The van der Waals surface area contributed by atoms with Gasteiger partial charge in [-0.05, 0) is 32.4 Å². The summed E-state index contributed by atoms with van der Waals surface area (Å²) in [6, 6.07) is 6.99. The van der Waals surface area contributed by atoms with Crippen molar-refractivity contribution in [2.45, 2.75) is 39.3 Å². The van der Waals surface area contributed by atoms with Gasteiger partial charge in [0.15, 0.2) is 6.10 Å². The molecule has 1 amide bonds. The van der Waals surface area contributed by atoms with Crippen LogP contribution in [0.15, 0.2) is 30.5 Å². The van der Waals surface area contributed by atoms with Gasteiger partial charge in [0, 0.05) is 6.07 Å². The molecule has 0 aliphatic carbocycles. The second-order valence-electron chi connectivity index (χ2n) is 5.22. The van der Waals surface area contributed by atoms with Gasteiger partial charge >= 0.3 is 0 Å². The highest BCUT2D eigenvalue weighted by Crippen LogP contribution is 2.32. The van der Waals surface area contributed by atoms with Crippen LogP contribution in [0.1, 0.15) is 33.2 Å². The summed E-state index contributed by atoms with van der Waals surface area (Å²) in [6.45, 7) is 5.75. The van der Waals surface area contributed by atoms with Gasteiger partial charge in [-0.2, -0.15) is 5.10 Å². The zero-order chi connectivity index (χ0) is 17.0. The lowest BCUT2D eigenvalue weighted by Gasteiger charge is -2.18. The predicted molar refractivity (Wildman–Crippen MR) is 92.4 cm³/mol. The van der Waals surface area contributed by atoms with E-state index in [0.717, 1.165) is 6.42 Å². The molecular formula is C16H19Cl2N3O2. The lowest BCUT2D eigenvalue weighted by Crippen LogP contribution is -2.31. The predicted octanol–water partition coefficient (Wildman–Crippen LogP) is 4.57. The normalized spacial score (nSPS) is 13.4. The molecule has 0 saturated heterocycles. The maximum absolute atomic E-state index is 12.3. The summed E-state index contributed by atoms with van der Waals surface area (Å²) in [5.74, 6) is 0.723. The number of nitrogens with one attached hydrogen (secondary N) is 1. The second kappa shape index (κ2) is 7.70. The van der Waals surface area contributed by atoms with Crippen molar-refractivity contribution in [1.82, 2.24) is 9.78 Å². The molecule has 124 valence electrons. The lowest BCUT2D eigenvalue weighted by molar-refractivity contribution is -0.122. The van der Waals surface area contributed by atoms with E-state index in [0.29, 0.717) is 21.6 Å². The molecule has 0 bridgehead atoms. The molecule has 0 fully saturated rings. The van der Waals surface area contributed by atoms with Gasteiger partial charge in [0.25, 0.3) is 5.91 Å². The number of halogens is 2. The summed E-state index contributed by atoms with van der Waals surface area (Å²) in [7, 11) is 0. The second-order valence-corrected chi connectivity index (χ2v) is 6.00. The largest absolute Gasteiger partial charge is 0.479 e. The Labute approximate surface area is 145 Å². The van der Waals surface area contributed by atoms with Gasteiger partial charge in [-0.25, -0.2) is 4.68 Å². The first-order valence-corrected chi connectivity index (χ1v) is 8.14. The fourth-order valence-corrected chi connectivity index (χ4v) is 2.32. The van der Waals surface area contributed by atoms with Crippen molar-refractivity contribution >= 4 is 34.9 Å². The number of benzene rings is 1. The summed E-state index contributed by atoms with van der Waals surface area (Å²) >= 11 is 12.0. The molecule has 0 radical (unpaired) electrons. The number of aromatic nitrogens is 2. The Morgan fingerprint density at radius 2 is 2.09 bits per heavy atom. The van der Waals surface area contributed by atoms with Crippen molar-refractivity contribution in [2.24, 2.45) is 0 Å². The van der Waals surface area contributed by atoms with Gasteiger partial charge in [-0.3, -0.25) is 4.79 Å². The number of hydrogen-bond donors (Lipinski definition) is 1. The molecule has 2 rings (SSSR count). The number of nitrogens with zero attached hydrogens (tertiary/aromatic N) is 2. The minimum atomic E-state index is -0.730. The quantitative estimate of drug-likeness (QED) is 0.825. The molecule has 2 unspecified atom stereocenters. The summed E-state index contributed by atoms with van der Waals surface area (Å²) in [6.07, 6.45) is 1.84. The summed E-state index contributed by atoms with van der Waals surface area (Å²) in [5.41, 5.74) is 0. The van der Waals surface area contributed by atoms with E-state index in [1.165, 1.54) is 0 Å². The van der Waals surface area contributed by atoms with Crippen molar-refractivity contribution < 1.29 is 9.53 Å².